The number of amides is 1. The number of nitrogens with zero attached hydrogens (tertiary/aromatic N) is 1. The van der Waals surface area contributed by atoms with E-state index in [0.717, 1.165) is 5.56 Å². The van der Waals surface area contributed by atoms with Crippen molar-refractivity contribution in [2.75, 3.05) is 12.4 Å². The Kier molecular flexibility index (Phi) is 5.31. The van der Waals surface area contributed by atoms with Crippen LogP contribution < -0.4 is 5.32 Å². The normalized spacial score (nSPS) is 10.6. The van der Waals surface area contributed by atoms with E-state index >= 15 is 0 Å². The summed E-state index contributed by atoms with van der Waals surface area (Å²) in [6, 6.07) is 7.06. The number of nitrogens with one attached hydrogen (secondary N) is 2. The second-order valence-corrected chi connectivity index (χ2v) is 7.09. The summed E-state index contributed by atoms with van der Waals surface area (Å²) >= 11 is 13.3. The van der Waals surface area contributed by atoms with E-state index in [1.165, 1.54) is 24.6 Å². The second kappa shape index (κ2) is 7.49. The lowest BCUT2D eigenvalue weighted by Gasteiger charge is -2.05. The minimum Gasteiger partial charge on any atom is -0.465 e. The van der Waals surface area contributed by atoms with Gasteiger partial charge in [-0.25, -0.2) is 9.78 Å². The minimum absolute atomic E-state index is 0.191. The van der Waals surface area contributed by atoms with Crippen LogP contribution in [0.15, 0.2) is 30.5 Å². The third-order valence-corrected chi connectivity index (χ3v) is 5.54. The summed E-state index contributed by atoms with van der Waals surface area (Å²) in [5, 5.41) is 3.95. The highest BCUT2D eigenvalue weighted by molar-refractivity contribution is 7.16. The molecule has 0 fully saturated rings. The van der Waals surface area contributed by atoms with Crippen LogP contribution in [-0.4, -0.2) is 29.0 Å². The van der Waals surface area contributed by atoms with Gasteiger partial charge in [-0.1, -0.05) is 23.2 Å². The highest BCUT2D eigenvalue weighted by atomic mass is 35.5. The number of aryl methyl sites for hydroxylation is 1. The number of H-pyrrole nitrogens is 1. The summed E-state index contributed by atoms with van der Waals surface area (Å²) in [6.07, 6.45) is 1.47. The molecule has 2 heterocycles. The van der Waals surface area contributed by atoms with E-state index in [4.69, 9.17) is 23.2 Å². The van der Waals surface area contributed by atoms with Crippen LogP contribution in [-0.2, 0) is 4.74 Å². The molecule has 0 saturated heterocycles. The number of halogens is 2. The highest BCUT2D eigenvalue weighted by Crippen LogP contribution is 2.30. The fourth-order valence-corrected chi connectivity index (χ4v) is 3.48. The van der Waals surface area contributed by atoms with Crippen molar-refractivity contribution in [1.29, 1.82) is 0 Å². The molecule has 0 aliphatic carbocycles. The Morgan fingerprint density at radius 3 is 2.46 bits per heavy atom. The molecule has 2 N–H and O–H groups in total. The van der Waals surface area contributed by atoms with Crippen molar-refractivity contribution in [1.82, 2.24) is 9.97 Å². The van der Waals surface area contributed by atoms with Crippen molar-refractivity contribution in [3.05, 3.63) is 56.8 Å². The van der Waals surface area contributed by atoms with Gasteiger partial charge in [-0.15, -0.1) is 11.3 Å². The average molecular weight is 410 g/mol. The molecule has 0 spiro atoms. The van der Waals surface area contributed by atoms with Crippen LogP contribution in [0.25, 0.3) is 10.6 Å². The molecule has 134 valence electrons. The summed E-state index contributed by atoms with van der Waals surface area (Å²) in [5.74, 6) is -0.811. The zero-order valence-electron chi connectivity index (χ0n) is 13.7. The van der Waals surface area contributed by atoms with E-state index in [0.29, 0.717) is 26.3 Å². The number of esters is 1. The van der Waals surface area contributed by atoms with Crippen LogP contribution >= 0.6 is 34.5 Å². The monoisotopic (exact) mass is 409 g/mol. The van der Waals surface area contributed by atoms with Crippen LogP contribution in [0.2, 0.25) is 10.0 Å². The van der Waals surface area contributed by atoms with Gasteiger partial charge in [0.05, 0.1) is 23.4 Å². The number of rotatable bonds is 4. The Morgan fingerprint density at radius 1 is 1.19 bits per heavy atom. The molecular weight excluding hydrogens is 397 g/mol. The summed E-state index contributed by atoms with van der Waals surface area (Å²) in [6.45, 7) is 1.73. The first-order chi connectivity index (χ1) is 12.4. The average Bonchev–Trinajstić information content (AvgIpc) is 3.23. The Bertz CT molecular complexity index is 980. The lowest BCUT2D eigenvalue weighted by molar-refractivity contribution is 0.0606. The van der Waals surface area contributed by atoms with E-state index in [1.807, 2.05) is 0 Å². The summed E-state index contributed by atoms with van der Waals surface area (Å²) in [4.78, 5) is 31.3. The van der Waals surface area contributed by atoms with Crippen molar-refractivity contribution in [2.45, 2.75) is 6.92 Å². The van der Waals surface area contributed by atoms with Crippen molar-refractivity contribution in [3.63, 3.8) is 0 Å². The molecule has 6 nitrogen and oxygen atoms in total. The number of thiazole rings is 1. The third kappa shape index (κ3) is 3.60. The van der Waals surface area contributed by atoms with Gasteiger partial charge in [0, 0.05) is 16.9 Å². The first-order valence-corrected chi connectivity index (χ1v) is 8.97. The van der Waals surface area contributed by atoms with Crippen molar-refractivity contribution < 1.29 is 14.3 Å². The van der Waals surface area contributed by atoms with E-state index in [2.05, 4.69) is 20.0 Å². The highest BCUT2D eigenvalue weighted by Gasteiger charge is 2.18. The van der Waals surface area contributed by atoms with Crippen molar-refractivity contribution >= 4 is 52.1 Å². The number of hydrogen-bond donors (Lipinski definition) is 2. The molecule has 0 aliphatic rings. The number of benzene rings is 1. The molecule has 0 atom stereocenters. The number of aromatic amines is 1. The number of carbonyl (C=O) groups excluding carboxylic acids is 2. The maximum Gasteiger partial charge on any atom is 0.349 e. The Labute approximate surface area is 163 Å². The maximum absolute atomic E-state index is 12.3. The van der Waals surface area contributed by atoms with Gasteiger partial charge >= 0.3 is 5.97 Å². The molecule has 3 aromatic rings. The fourth-order valence-electron chi connectivity index (χ4n) is 2.22. The van der Waals surface area contributed by atoms with Crippen LogP contribution in [0, 0.1) is 6.92 Å². The largest absolute Gasteiger partial charge is 0.465 e. The van der Waals surface area contributed by atoms with E-state index in [-0.39, 0.29) is 16.6 Å². The van der Waals surface area contributed by atoms with Crippen LogP contribution in [0.1, 0.15) is 25.9 Å². The molecule has 0 aliphatic heterocycles. The van der Waals surface area contributed by atoms with Crippen molar-refractivity contribution in [3.8, 4) is 10.6 Å². The van der Waals surface area contributed by atoms with Crippen LogP contribution in [0.4, 0.5) is 5.69 Å². The molecule has 1 amide bonds. The van der Waals surface area contributed by atoms with E-state index in [1.54, 1.807) is 31.2 Å². The smallest absolute Gasteiger partial charge is 0.349 e. The lowest BCUT2D eigenvalue weighted by Crippen LogP contribution is -2.12. The van der Waals surface area contributed by atoms with Gasteiger partial charge in [0.1, 0.15) is 15.6 Å². The molecule has 1 aromatic carbocycles. The number of ether oxygens (including phenoxy) is 1. The molecular formula is C17H13Cl2N3O3S. The van der Waals surface area contributed by atoms with Gasteiger partial charge < -0.3 is 15.0 Å². The van der Waals surface area contributed by atoms with Crippen LogP contribution in [0.5, 0.6) is 0 Å². The lowest BCUT2D eigenvalue weighted by atomic mass is 10.2. The summed E-state index contributed by atoms with van der Waals surface area (Å²) < 4.78 is 4.67. The summed E-state index contributed by atoms with van der Waals surface area (Å²) in [5.41, 5.74) is 2.24. The van der Waals surface area contributed by atoms with Gasteiger partial charge in [-0.3, -0.25) is 4.79 Å². The number of methoxy groups -OCH3 is 1. The Hall–Kier alpha value is -2.35. The van der Waals surface area contributed by atoms with Gasteiger partial charge in [0.2, 0.25) is 0 Å². The van der Waals surface area contributed by atoms with E-state index in [9.17, 15) is 9.59 Å². The van der Waals surface area contributed by atoms with Crippen LogP contribution in [0.3, 0.4) is 0 Å². The Morgan fingerprint density at radius 2 is 1.88 bits per heavy atom. The first kappa shape index (κ1) is 18.4. The number of carbonyl (C=O) groups is 2. The fraction of sp³-hybridized carbons (Fsp3) is 0.118. The molecule has 0 bridgehead atoms. The number of anilines is 1. The molecule has 2 aromatic heterocycles. The topological polar surface area (TPSA) is 84.1 Å². The second-order valence-electron chi connectivity index (χ2n) is 5.31. The standard InChI is InChI=1S/C17H13Cl2N3O3S/c1-8-12(18)13(19)14(21-8)15(23)22-10-5-3-9(4-6-10)16-20-7-11(26-16)17(24)25-2/h3-7,21H,1-2H3,(H,22,23). The Balaban J connectivity index is 1.75. The van der Waals surface area contributed by atoms with Gasteiger partial charge in [0.15, 0.2) is 0 Å². The molecule has 0 radical (unpaired) electrons. The molecule has 9 heteroatoms. The predicted octanol–water partition coefficient (Wildman–Crippen LogP) is 4.79. The van der Waals surface area contributed by atoms with E-state index < -0.39 is 5.97 Å². The quantitative estimate of drug-likeness (QED) is 0.606. The minimum atomic E-state index is -0.422. The number of hydrogen-bond acceptors (Lipinski definition) is 5. The van der Waals surface area contributed by atoms with Gasteiger partial charge in [-0.05, 0) is 31.2 Å². The first-order valence-electron chi connectivity index (χ1n) is 7.40. The maximum atomic E-state index is 12.3. The SMILES string of the molecule is COC(=O)c1cnc(-c2ccc(NC(=O)c3[nH]c(C)c(Cl)c3Cl)cc2)s1. The number of aromatic nitrogens is 2. The predicted molar refractivity (Wildman–Crippen MR) is 102 cm³/mol. The molecule has 26 heavy (non-hydrogen) atoms. The van der Waals surface area contributed by atoms with Gasteiger partial charge in [0.25, 0.3) is 5.91 Å². The summed E-state index contributed by atoms with van der Waals surface area (Å²) in [7, 11) is 1.32. The molecule has 0 saturated carbocycles. The van der Waals surface area contributed by atoms with Gasteiger partial charge in [-0.2, -0.15) is 0 Å². The zero-order chi connectivity index (χ0) is 18.8. The molecule has 0 unspecified atom stereocenters. The van der Waals surface area contributed by atoms with Crippen molar-refractivity contribution in [2.24, 2.45) is 0 Å². The zero-order valence-corrected chi connectivity index (χ0v) is 16.1. The third-order valence-electron chi connectivity index (χ3n) is 3.56. The molecule has 3 rings (SSSR count).